The lowest BCUT2D eigenvalue weighted by Gasteiger charge is -2.06. The van der Waals surface area contributed by atoms with Crippen molar-refractivity contribution < 1.29 is 10.2 Å². The maximum Gasteiger partial charge on any atom is 0.176 e. The fourth-order valence-corrected chi connectivity index (χ4v) is 3.09. The first kappa shape index (κ1) is 18.0. The van der Waals surface area contributed by atoms with Crippen molar-refractivity contribution in [2.24, 2.45) is 0 Å². The van der Waals surface area contributed by atoms with Crippen LogP contribution in [0.4, 0.5) is 0 Å². The first-order chi connectivity index (χ1) is 12.5. The second-order valence-corrected chi connectivity index (χ2v) is 6.56. The normalized spacial score (nSPS) is 10.2. The molecule has 4 heteroatoms. The number of phenolic OH excluding ortho intramolecular Hbond substituents is 2. The molecule has 0 aliphatic rings. The molecule has 0 saturated heterocycles. The molecule has 1 heterocycles. The third kappa shape index (κ3) is 4.24. The smallest absolute Gasteiger partial charge is 0.176 e. The van der Waals surface area contributed by atoms with E-state index in [1.165, 1.54) is 0 Å². The SMILES string of the molecule is Cc1ccc2cccc(O)c2n1.Oc1ccc(-c2ccccc2)[c]([Al])c1. The molecule has 2 radical (unpaired) electrons. The van der Waals surface area contributed by atoms with E-state index in [9.17, 15) is 10.2 Å². The topological polar surface area (TPSA) is 53.4 Å². The van der Waals surface area contributed by atoms with Gasteiger partial charge >= 0.3 is 0 Å². The highest BCUT2D eigenvalue weighted by molar-refractivity contribution is 6.36. The third-order valence-electron chi connectivity index (χ3n) is 3.96. The zero-order valence-electron chi connectivity index (χ0n) is 14.4. The summed E-state index contributed by atoms with van der Waals surface area (Å²) in [4.78, 5) is 4.23. The molecule has 0 aliphatic heterocycles. The largest absolute Gasteiger partial charge is 0.508 e. The quantitative estimate of drug-likeness (QED) is 0.506. The summed E-state index contributed by atoms with van der Waals surface area (Å²) in [7, 11) is 0. The van der Waals surface area contributed by atoms with Gasteiger partial charge in [0.25, 0.3) is 0 Å². The van der Waals surface area contributed by atoms with E-state index >= 15 is 0 Å². The molecule has 3 aromatic carbocycles. The van der Waals surface area contributed by atoms with Crippen LogP contribution >= 0.6 is 0 Å². The summed E-state index contributed by atoms with van der Waals surface area (Å²) in [5.41, 5.74) is 3.90. The highest BCUT2D eigenvalue weighted by Crippen LogP contribution is 2.22. The molecule has 26 heavy (non-hydrogen) atoms. The van der Waals surface area contributed by atoms with Crippen LogP contribution in [0.25, 0.3) is 22.0 Å². The van der Waals surface area contributed by atoms with Crippen LogP contribution in [0.1, 0.15) is 5.69 Å². The molecule has 0 atom stereocenters. The molecular formula is C22H18AlNO2. The number of para-hydroxylation sites is 1. The third-order valence-corrected chi connectivity index (χ3v) is 4.44. The predicted molar refractivity (Wildman–Crippen MR) is 107 cm³/mol. The van der Waals surface area contributed by atoms with E-state index in [4.69, 9.17) is 0 Å². The van der Waals surface area contributed by atoms with Gasteiger partial charge in [-0.15, -0.1) is 4.43 Å². The summed E-state index contributed by atoms with van der Waals surface area (Å²) in [5.74, 6) is 0.547. The number of phenols is 2. The molecule has 0 unspecified atom stereocenters. The molecule has 4 rings (SSSR count). The minimum absolute atomic E-state index is 0.246. The van der Waals surface area contributed by atoms with Gasteiger partial charge in [0.05, 0.1) is 0 Å². The number of hydrogen-bond acceptors (Lipinski definition) is 3. The zero-order chi connectivity index (χ0) is 18.5. The van der Waals surface area contributed by atoms with Crippen LogP contribution in [-0.2, 0) is 0 Å². The summed E-state index contributed by atoms with van der Waals surface area (Å²) in [6.07, 6.45) is 0. The van der Waals surface area contributed by atoms with Crippen molar-refractivity contribution in [1.29, 1.82) is 0 Å². The van der Waals surface area contributed by atoms with Crippen molar-refractivity contribution >= 4 is 31.6 Å². The second kappa shape index (κ2) is 8.05. The molecule has 1 aromatic heterocycles. The number of benzene rings is 3. The summed E-state index contributed by atoms with van der Waals surface area (Å²) in [6.45, 7) is 1.91. The van der Waals surface area contributed by atoms with E-state index < -0.39 is 0 Å². The summed E-state index contributed by atoms with van der Waals surface area (Å²) in [6, 6.07) is 24.8. The number of fused-ring (bicyclic) bond motifs is 1. The average Bonchev–Trinajstić information content (AvgIpc) is 2.64. The van der Waals surface area contributed by atoms with Gasteiger partial charge in [0.2, 0.25) is 0 Å². The van der Waals surface area contributed by atoms with Crippen LogP contribution in [0.2, 0.25) is 0 Å². The Bertz CT molecular complexity index is 1030. The zero-order valence-corrected chi connectivity index (χ0v) is 15.6. The van der Waals surface area contributed by atoms with Crippen LogP contribution < -0.4 is 4.43 Å². The van der Waals surface area contributed by atoms with E-state index in [2.05, 4.69) is 33.4 Å². The summed E-state index contributed by atoms with van der Waals surface area (Å²) in [5, 5.41) is 19.7. The van der Waals surface area contributed by atoms with Crippen molar-refractivity contribution in [1.82, 2.24) is 4.98 Å². The van der Waals surface area contributed by atoms with Gasteiger partial charge in [0.1, 0.15) is 17.0 Å². The number of rotatable bonds is 1. The molecule has 0 bridgehead atoms. The summed E-state index contributed by atoms with van der Waals surface area (Å²) >= 11 is 2.63. The first-order valence-corrected chi connectivity index (χ1v) is 8.81. The number of aryl methyl sites for hydroxylation is 1. The second-order valence-electron chi connectivity index (χ2n) is 5.94. The molecule has 0 fully saturated rings. The molecule has 126 valence electrons. The minimum Gasteiger partial charge on any atom is -0.508 e. The maximum atomic E-state index is 9.43. The van der Waals surface area contributed by atoms with Gasteiger partial charge in [-0.2, -0.15) is 0 Å². The minimum atomic E-state index is 0.246. The number of aromatic hydroxyl groups is 2. The van der Waals surface area contributed by atoms with Crippen molar-refractivity contribution in [2.75, 3.05) is 0 Å². The van der Waals surface area contributed by atoms with E-state index in [0.717, 1.165) is 26.6 Å². The van der Waals surface area contributed by atoms with E-state index in [0.29, 0.717) is 11.3 Å². The Morgan fingerprint density at radius 1 is 0.808 bits per heavy atom. The van der Waals surface area contributed by atoms with Gasteiger partial charge in [0, 0.05) is 11.1 Å². The van der Waals surface area contributed by atoms with Gasteiger partial charge in [-0.05, 0) is 42.3 Å². The Kier molecular flexibility index (Phi) is 5.58. The molecule has 0 spiro atoms. The number of pyridine rings is 1. The Morgan fingerprint density at radius 3 is 2.31 bits per heavy atom. The van der Waals surface area contributed by atoms with Gasteiger partial charge in [-0.25, -0.2) is 4.98 Å². The number of hydrogen-bond donors (Lipinski definition) is 2. The molecule has 0 amide bonds. The fourth-order valence-electron chi connectivity index (χ4n) is 2.66. The van der Waals surface area contributed by atoms with Gasteiger partial charge in [-0.1, -0.05) is 54.6 Å². The molecule has 0 aliphatic carbocycles. The molecule has 3 nitrogen and oxygen atoms in total. The Hall–Kier alpha value is -2.80. The fraction of sp³-hybridized carbons (Fsp3) is 0.0455. The van der Waals surface area contributed by atoms with E-state index in [1.807, 2.05) is 55.5 Å². The van der Waals surface area contributed by atoms with Crippen LogP contribution in [0, 0.1) is 6.92 Å². The van der Waals surface area contributed by atoms with Gasteiger partial charge in [-0.3, -0.25) is 0 Å². The monoisotopic (exact) mass is 355 g/mol. The lowest BCUT2D eigenvalue weighted by molar-refractivity contribution is 0.476. The van der Waals surface area contributed by atoms with Crippen LogP contribution in [0.5, 0.6) is 11.5 Å². The van der Waals surface area contributed by atoms with Crippen molar-refractivity contribution in [3.63, 3.8) is 0 Å². The number of nitrogens with zero attached hydrogens (tertiary/aromatic N) is 1. The van der Waals surface area contributed by atoms with Crippen molar-refractivity contribution in [3.8, 4) is 22.6 Å². The average molecular weight is 355 g/mol. The standard InChI is InChI=1S/C12H9O.C10H9NO.Al/c13-12-8-6-11(7-9-12)10-4-2-1-3-5-10;1-7-5-6-8-3-2-4-9(12)10(8)11-7;/h1-6,8-9,13H;2-6,12H,1H3;. The Balaban J connectivity index is 0.000000152. The van der Waals surface area contributed by atoms with Crippen molar-refractivity contribution in [3.05, 3.63) is 84.6 Å². The van der Waals surface area contributed by atoms with Crippen LogP contribution in [0.15, 0.2) is 78.9 Å². The molecular weight excluding hydrogens is 337 g/mol. The molecule has 4 aromatic rings. The molecule has 0 saturated carbocycles. The van der Waals surface area contributed by atoms with E-state index in [1.54, 1.807) is 18.2 Å². The van der Waals surface area contributed by atoms with Gasteiger partial charge in [0.15, 0.2) is 16.3 Å². The molecule has 2 N–H and O–H groups in total. The van der Waals surface area contributed by atoms with Crippen LogP contribution in [0.3, 0.4) is 0 Å². The van der Waals surface area contributed by atoms with Crippen LogP contribution in [-0.4, -0.2) is 31.5 Å². The van der Waals surface area contributed by atoms with Gasteiger partial charge < -0.3 is 10.2 Å². The Labute approximate surface area is 161 Å². The van der Waals surface area contributed by atoms with Crippen molar-refractivity contribution in [2.45, 2.75) is 6.92 Å². The van der Waals surface area contributed by atoms with E-state index in [-0.39, 0.29) is 5.75 Å². The Morgan fingerprint density at radius 2 is 1.58 bits per heavy atom. The lowest BCUT2D eigenvalue weighted by Crippen LogP contribution is -2.05. The number of aromatic nitrogens is 1. The first-order valence-electron chi connectivity index (χ1n) is 8.24. The highest BCUT2D eigenvalue weighted by Gasteiger charge is 2.00. The maximum absolute atomic E-state index is 9.43. The predicted octanol–water partition coefficient (Wildman–Crippen LogP) is 4.10. The highest BCUT2D eigenvalue weighted by atomic mass is 27.0. The summed E-state index contributed by atoms with van der Waals surface area (Å²) < 4.78 is 1.01. The lowest BCUT2D eigenvalue weighted by atomic mass is 10.1.